The third-order valence-corrected chi connectivity index (χ3v) is 3.76. The smallest absolute Gasteiger partial charge is 0.282 e. The van der Waals surface area contributed by atoms with Crippen molar-refractivity contribution >= 4 is 34.0 Å². The Balaban J connectivity index is 2.03. The molecule has 7 heteroatoms. The highest BCUT2D eigenvalue weighted by Gasteiger charge is 2.16. The van der Waals surface area contributed by atoms with Crippen molar-refractivity contribution in [3.63, 3.8) is 0 Å². The molecule has 0 aliphatic carbocycles. The number of nitrogens with zero attached hydrogens (tertiary/aromatic N) is 2. The third-order valence-electron chi connectivity index (χ3n) is 2.64. The zero-order chi connectivity index (χ0) is 14.5. The first-order chi connectivity index (χ1) is 9.60. The SMILES string of the molecule is CCNc1nnc(C(=O)NC(C)c2cccc(Cl)c2)s1. The van der Waals surface area contributed by atoms with Crippen molar-refractivity contribution in [3.8, 4) is 0 Å². The van der Waals surface area contributed by atoms with Gasteiger partial charge in [0.2, 0.25) is 10.1 Å². The van der Waals surface area contributed by atoms with Crippen LogP contribution in [0.5, 0.6) is 0 Å². The Kier molecular flexibility index (Phi) is 4.92. The van der Waals surface area contributed by atoms with Gasteiger partial charge >= 0.3 is 0 Å². The Bertz CT molecular complexity index is 602. The van der Waals surface area contributed by atoms with Gasteiger partial charge < -0.3 is 10.6 Å². The topological polar surface area (TPSA) is 66.9 Å². The maximum Gasteiger partial charge on any atom is 0.282 e. The number of hydrogen-bond donors (Lipinski definition) is 2. The Labute approximate surface area is 126 Å². The second-order valence-corrected chi connectivity index (χ2v) is 5.61. The minimum atomic E-state index is -0.237. The fourth-order valence-electron chi connectivity index (χ4n) is 1.66. The van der Waals surface area contributed by atoms with Crippen molar-refractivity contribution < 1.29 is 4.79 Å². The van der Waals surface area contributed by atoms with Crippen LogP contribution in [0.2, 0.25) is 5.02 Å². The fourth-order valence-corrected chi connectivity index (χ4v) is 2.57. The number of anilines is 1. The largest absolute Gasteiger partial charge is 0.360 e. The van der Waals surface area contributed by atoms with Crippen LogP contribution in [-0.2, 0) is 0 Å². The number of aromatic nitrogens is 2. The lowest BCUT2D eigenvalue weighted by Gasteiger charge is -2.13. The van der Waals surface area contributed by atoms with E-state index in [-0.39, 0.29) is 11.9 Å². The van der Waals surface area contributed by atoms with Crippen LogP contribution >= 0.6 is 22.9 Å². The van der Waals surface area contributed by atoms with Crippen LogP contribution in [0.3, 0.4) is 0 Å². The van der Waals surface area contributed by atoms with E-state index >= 15 is 0 Å². The minimum absolute atomic E-state index is 0.146. The van der Waals surface area contributed by atoms with E-state index < -0.39 is 0 Å². The Morgan fingerprint density at radius 1 is 1.45 bits per heavy atom. The van der Waals surface area contributed by atoms with Crippen molar-refractivity contribution in [2.24, 2.45) is 0 Å². The molecule has 5 nitrogen and oxygen atoms in total. The number of amides is 1. The van der Waals surface area contributed by atoms with Crippen LogP contribution in [0.15, 0.2) is 24.3 Å². The van der Waals surface area contributed by atoms with Crippen molar-refractivity contribution in [1.29, 1.82) is 0 Å². The van der Waals surface area contributed by atoms with Crippen LogP contribution in [0, 0.1) is 0 Å². The van der Waals surface area contributed by atoms with Gasteiger partial charge in [-0.15, -0.1) is 10.2 Å². The predicted octanol–water partition coefficient (Wildman–Crippen LogP) is 3.11. The minimum Gasteiger partial charge on any atom is -0.360 e. The van der Waals surface area contributed by atoms with Gasteiger partial charge in [-0.05, 0) is 31.5 Å². The van der Waals surface area contributed by atoms with E-state index in [0.29, 0.717) is 15.2 Å². The van der Waals surface area contributed by atoms with Gasteiger partial charge in [0.25, 0.3) is 5.91 Å². The maximum absolute atomic E-state index is 12.1. The highest BCUT2D eigenvalue weighted by molar-refractivity contribution is 7.17. The summed E-state index contributed by atoms with van der Waals surface area (Å²) in [4.78, 5) is 12.1. The maximum atomic E-state index is 12.1. The number of rotatable bonds is 5. The average Bonchev–Trinajstić information content (AvgIpc) is 2.88. The first-order valence-corrected chi connectivity index (χ1v) is 7.43. The molecule has 0 spiro atoms. The standard InChI is InChI=1S/C13H15ClN4OS/c1-3-15-13-18-17-12(20-13)11(19)16-8(2)9-5-4-6-10(14)7-9/h4-8H,3H2,1-2H3,(H,15,18)(H,16,19). The Morgan fingerprint density at radius 3 is 2.95 bits per heavy atom. The zero-order valence-electron chi connectivity index (χ0n) is 11.2. The molecule has 0 radical (unpaired) electrons. The summed E-state index contributed by atoms with van der Waals surface area (Å²) < 4.78 is 0. The molecule has 2 aromatic rings. The molecular formula is C13H15ClN4OS. The van der Waals surface area contributed by atoms with Crippen LogP contribution in [0.25, 0.3) is 0 Å². The summed E-state index contributed by atoms with van der Waals surface area (Å²) in [5.41, 5.74) is 0.947. The number of carbonyl (C=O) groups excluding carboxylic acids is 1. The van der Waals surface area contributed by atoms with Crippen LogP contribution in [-0.4, -0.2) is 22.6 Å². The van der Waals surface area contributed by atoms with Gasteiger partial charge in [-0.1, -0.05) is 35.1 Å². The van der Waals surface area contributed by atoms with Gasteiger partial charge in [-0.3, -0.25) is 4.79 Å². The number of nitrogens with one attached hydrogen (secondary N) is 2. The first kappa shape index (κ1) is 14.7. The molecular weight excluding hydrogens is 296 g/mol. The van der Waals surface area contributed by atoms with E-state index in [1.807, 2.05) is 32.0 Å². The van der Waals surface area contributed by atoms with Crippen molar-refractivity contribution in [1.82, 2.24) is 15.5 Å². The van der Waals surface area contributed by atoms with Crippen molar-refractivity contribution in [3.05, 3.63) is 39.9 Å². The van der Waals surface area contributed by atoms with Crippen LogP contribution < -0.4 is 10.6 Å². The molecule has 20 heavy (non-hydrogen) atoms. The summed E-state index contributed by atoms with van der Waals surface area (Å²) >= 11 is 7.17. The van der Waals surface area contributed by atoms with Crippen LogP contribution in [0.4, 0.5) is 5.13 Å². The third kappa shape index (κ3) is 3.68. The molecule has 1 aromatic heterocycles. The van der Waals surface area contributed by atoms with Gasteiger partial charge in [0.05, 0.1) is 6.04 Å². The fraction of sp³-hybridized carbons (Fsp3) is 0.308. The van der Waals surface area contributed by atoms with E-state index in [0.717, 1.165) is 12.1 Å². The molecule has 0 saturated heterocycles. The highest BCUT2D eigenvalue weighted by Crippen LogP contribution is 2.19. The molecule has 1 aromatic carbocycles. The molecule has 0 saturated carbocycles. The zero-order valence-corrected chi connectivity index (χ0v) is 12.8. The number of benzene rings is 1. The van der Waals surface area contributed by atoms with Crippen molar-refractivity contribution in [2.75, 3.05) is 11.9 Å². The lowest BCUT2D eigenvalue weighted by molar-refractivity contribution is 0.0939. The van der Waals surface area contributed by atoms with Gasteiger partial charge in [0.1, 0.15) is 0 Å². The molecule has 2 N–H and O–H groups in total. The molecule has 0 fully saturated rings. The summed E-state index contributed by atoms with van der Waals surface area (Å²) in [5, 5.41) is 15.3. The summed E-state index contributed by atoms with van der Waals surface area (Å²) in [7, 11) is 0. The quantitative estimate of drug-likeness (QED) is 0.890. The lowest BCUT2D eigenvalue weighted by atomic mass is 10.1. The van der Waals surface area contributed by atoms with Gasteiger partial charge in [-0.2, -0.15) is 0 Å². The molecule has 0 aliphatic rings. The molecule has 1 amide bonds. The molecule has 0 aliphatic heterocycles. The molecule has 1 unspecified atom stereocenters. The van der Waals surface area contributed by atoms with E-state index in [4.69, 9.17) is 11.6 Å². The van der Waals surface area contributed by atoms with E-state index in [9.17, 15) is 4.79 Å². The molecule has 106 valence electrons. The first-order valence-electron chi connectivity index (χ1n) is 6.24. The van der Waals surface area contributed by atoms with Gasteiger partial charge in [0, 0.05) is 11.6 Å². The highest BCUT2D eigenvalue weighted by atomic mass is 35.5. The Morgan fingerprint density at radius 2 is 2.25 bits per heavy atom. The molecule has 1 atom stereocenters. The number of carbonyl (C=O) groups is 1. The summed E-state index contributed by atoms with van der Waals surface area (Å²) in [6.07, 6.45) is 0. The molecule has 2 rings (SSSR count). The van der Waals surface area contributed by atoms with E-state index in [1.165, 1.54) is 11.3 Å². The lowest BCUT2D eigenvalue weighted by Crippen LogP contribution is -2.26. The molecule has 1 heterocycles. The summed E-state index contributed by atoms with van der Waals surface area (Å²) in [6, 6.07) is 7.26. The van der Waals surface area contributed by atoms with E-state index in [2.05, 4.69) is 20.8 Å². The average molecular weight is 311 g/mol. The monoisotopic (exact) mass is 310 g/mol. The summed E-state index contributed by atoms with van der Waals surface area (Å²) in [6.45, 7) is 4.60. The normalized spacial score (nSPS) is 11.9. The van der Waals surface area contributed by atoms with E-state index in [1.54, 1.807) is 6.07 Å². The number of halogens is 1. The Hall–Kier alpha value is -1.66. The molecule has 0 bridgehead atoms. The summed E-state index contributed by atoms with van der Waals surface area (Å²) in [5.74, 6) is -0.237. The second-order valence-electron chi connectivity index (χ2n) is 4.19. The number of hydrogen-bond acceptors (Lipinski definition) is 5. The predicted molar refractivity (Wildman–Crippen MR) is 81.4 cm³/mol. The van der Waals surface area contributed by atoms with Gasteiger partial charge in [-0.25, -0.2) is 0 Å². The van der Waals surface area contributed by atoms with Gasteiger partial charge in [0.15, 0.2) is 0 Å². The van der Waals surface area contributed by atoms with Crippen molar-refractivity contribution in [2.45, 2.75) is 19.9 Å². The van der Waals surface area contributed by atoms with Crippen LogP contribution in [0.1, 0.15) is 35.3 Å². The second kappa shape index (κ2) is 6.67.